The zero-order chi connectivity index (χ0) is 17.4. The summed E-state index contributed by atoms with van der Waals surface area (Å²) in [4.78, 5) is 29.4. The maximum Gasteiger partial charge on any atom is 0.340 e. The minimum atomic E-state index is -0.526. The third-order valence-electron chi connectivity index (χ3n) is 4.15. The van der Waals surface area contributed by atoms with E-state index >= 15 is 0 Å². The Morgan fingerprint density at radius 3 is 2.58 bits per heavy atom. The normalized spacial score (nSPS) is 13.6. The Kier molecular flexibility index (Phi) is 4.61. The van der Waals surface area contributed by atoms with Crippen molar-refractivity contribution >= 4 is 35.0 Å². The number of benzene rings is 1. The van der Waals surface area contributed by atoms with E-state index in [0.717, 1.165) is 12.1 Å². The molecule has 2 aromatic rings. The summed E-state index contributed by atoms with van der Waals surface area (Å²) in [5, 5.41) is 0.766. The fourth-order valence-corrected chi connectivity index (χ4v) is 3.38. The molecular weight excluding hydrogens is 349 g/mol. The highest BCUT2D eigenvalue weighted by Crippen LogP contribution is 2.37. The third kappa shape index (κ3) is 2.80. The lowest BCUT2D eigenvalue weighted by atomic mass is 9.85. The Morgan fingerprint density at radius 1 is 1.17 bits per heavy atom. The van der Waals surface area contributed by atoms with Gasteiger partial charge in [-0.1, -0.05) is 29.3 Å². The van der Waals surface area contributed by atoms with Crippen molar-refractivity contribution in [3.63, 3.8) is 0 Å². The number of nitrogens with zero attached hydrogens (tertiary/aromatic N) is 1. The molecule has 0 unspecified atom stereocenters. The van der Waals surface area contributed by atoms with Crippen LogP contribution in [0.4, 0.5) is 0 Å². The maximum atomic E-state index is 12.6. The van der Waals surface area contributed by atoms with Crippen molar-refractivity contribution in [2.45, 2.75) is 26.2 Å². The first-order chi connectivity index (χ1) is 11.4. The van der Waals surface area contributed by atoms with Crippen molar-refractivity contribution in [1.29, 1.82) is 0 Å². The molecule has 0 aliphatic heterocycles. The number of Topliss-reactive ketones (excluding diaryl/α,β-unsaturated/α-hetero) is 1. The highest BCUT2D eigenvalue weighted by Gasteiger charge is 2.29. The predicted molar refractivity (Wildman–Crippen MR) is 93.0 cm³/mol. The summed E-state index contributed by atoms with van der Waals surface area (Å²) in [5.41, 5.74) is 3.23. The Balaban J connectivity index is 2.39. The molecule has 1 heterocycles. The van der Waals surface area contributed by atoms with Crippen molar-refractivity contribution in [3.05, 3.63) is 50.8 Å². The van der Waals surface area contributed by atoms with E-state index in [9.17, 15) is 9.59 Å². The fourth-order valence-electron chi connectivity index (χ4n) is 3.08. The molecule has 0 N–H and O–H groups in total. The highest BCUT2D eigenvalue weighted by atomic mass is 35.5. The Bertz CT molecular complexity index is 862. The molecule has 124 valence electrons. The molecule has 0 spiro atoms. The van der Waals surface area contributed by atoms with E-state index < -0.39 is 5.97 Å². The van der Waals surface area contributed by atoms with Crippen molar-refractivity contribution in [2.75, 3.05) is 7.11 Å². The van der Waals surface area contributed by atoms with E-state index in [1.807, 2.05) is 0 Å². The number of carbonyl (C=O) groups is 2. The van der Waals surface area contributed by atoms with Crippen molar-refractivity contribution in [1.82, 2.24) is 4.98 Å². The molecule has 24 heavy (non-hydrogen) atoms. The minimum absolute atomic E-state index is 0.0185. The number of carbonyl (C=O) groups excluding carboxylic acids is 2. The first-order valence-corrected chi connectivity index (χ1v) is 8.30. The van der Waals surface area contributed by atoms with Gasteiger partial charge in [0, 0.05) is 17.5 Å². The number of ketones is 1. The number of pyridine rings is 1. The van der Waals surface area contributed by atoms with Crippen molar-refractivity contribution < 1.29 is 14.3 Å². The molecule has 0 fully saturated rings. The molecule has 0 saturated carbocycles. The topological polar surface area (TPSA) is 56.3 Å². The molecule has 0 bridgehead atoms. The number of halogens is 2. The van der Waals surface area contributed by atoms with Crippen LogP contribution in [0.1, 0.15) is 44.9 Å². The summed E-state index contributed by atoms with van der Waals surface area (Å²) in [6.45, 7) is 1.74. The van der Waals surface area contributed by atoms with Crippen LogP contribution in [0.15, 0.2) is 18.2 Å². The lowest BCUT2D eigenvalue weighted by Gasteiger charge is -2.22. The average molecular weight is 364 g/mol. The second-order valence-electron chi connectivity index (χ2n) is 5.67. The summed E-state index contributed by atoms with van der Waals surface area (Å²) in [6.07, 6.45) is 1.90. The number of aryl methyl sites for hydroxylation is 2. The molecule has 1 aliphatic rings. The molecule has 1 aromatic heterocycles. The van der Waals surface area contributed by atoms with Crippen LogP contribution < -0.4 is 0 Å². The summed E-state index contributed by atoms with van der Waals surface area (Å²) in [5.74, 6) is -0.544. The predicted octanol–water partition coefficient (Wildman–Crippen LogP) is 4.67. The van der Waals surface area contributed by atoms with Crippen molar-refractivity contribution in [3.8, 4) is 11.1 Å². The van der Waals surface area contributed by atoms with Gasteiger partial charge >= 0.3 is 5.97 Å². The smallest absolute Gasteiger partial charge is 0.340 e. The number of hydrogen-bond acceptors (Lipinski definition) is 4. The van der Waals surface area contributed by atoms with E-state index in [0.29, 0.717) is 50.8 Å². The lowest BCUT2D eigenvalue weighted by molar-refractivity contribution is 0.0600. The number of esters is 1. The van der Waals surface area contributed by atoms with E-state index in [-0.39, 0.29) is 5.78 Å². The van der Waals surface area contributed by atoms with Crippen molar-refractivity contribution in [2.24, 2.45) is 0 Å². The van der Waals surface area contributed by atoms with Crippen LogP contribution >= 0.6 is 23.2 Å². The Labute approximate surface area is 149 Å². The molecule has 0 saturated heterocycles. The van der Waals surface area contributed by atoms with Gasteiger partial charge in [0.15, 0.2) is 5.78 Å². The monoisotopic (exact) mass is 363 g/mol. The molecule has 0 radical (unpaired) electrons. The maximum absolute atomic E-state index is 12.6. The first-order valence-electron chi connectivity index (χ1n) is 7.54. The Morgan fingerprint density at radius 2 is 1.92 bits per heavy atom. The molecule has 1 aromatic carbocycles. The second kappa shape index (κ2) is 6.54. The molecule has 1 aliphatic carbocycles. The molecule has 0 atom stereocenters. The quantitative estimate of drug-likeness (QED) is 0.727. The average Bonchev–Trinajstić information content (AvgIpc) is 2.55. The number of methoxy groups -OCH3 is 1. The Hall–Kier alpha value is -1.91. The van der Waals surface area contributed by atoms with Gasteiger partial charge in [-0.05, 0) is 37.5 Å². The van der Waals surface area contributed by atoms with Crippen LogP contribution in [0.3, 0.4) is 0 Å². The van der Waals surface area contributed by atoms with E-state index in [2.05, 4.69) is 4.98 Å². The van der Waals surface area contributed by atoms with E-state index in [1.165, 1.54) is 7.11 Å². The third-order valence-corrected chi connectivity index (χ3v) is 4.89. The van der Waals surface area contributed by atoms with Gasteiger partial charge in [-0.3, -0.25) is 9.78 Å². The van der Waals surface area contributed by atoms with E-state index in [1.54, 1.807) is 25.1 Å². The number of aromatic nitrogens is 1. The zero-order valence-electron chi connectivity index (χ0n) is 13.3. The number of hydrogen-bond donors (Lipinski definition) is 0. The zero-order valence-corrected chi connectivity index (χ0v) is 14.8. The van der Waals surface area contributed by atoms with E-state index in [4.69, 9.17) is 27.9 Å². The van der Waals surface area contributed by atoms with Crippen LogP contribution in [0, 0.1) is 6.92 Å². The standard InChI is InChI=1S/C18H15Cl2NO3/c1-9-15(18(23)24-2)16(10-6-7-11(19)12(20)8-10)17-13(21-9)4-3-5-14(17)22/h6-8H,3-5H2,1-2H3. The molecular formula is C18H15Cl2NO3. The van der Waals surface area contributed by atoms with Gasteiger partial charge in [0.05, 0.1) is 34.1 Å². The van der Waals surface area contributed by atoms with Crippen LogP contribution in [0.25, 0.3) is 11.1 Å². The van der Waals surface area contributed by atoms with Gasteiger partial charge in [-0.15, -0.1) is 0 Å². The summed E-state index contributed by atoms with van der Waals surface area (Å²) in [6, 6.07) is 5.06. The number of ether oxygens (including phenoxy) is 1. The summed E-state index contributed by atoms with van der Waals surface area (Å²) >= 11 is 12.1. The van der Waals surface area contributed by atoms with Crippen LogP contribution in [0.5, 0.6) is 0 Å². The molecule has 0 amide bonds. The molecule has 4 nitrogen and oxygen atoms in total. The molecule has 3 rings (SSSR count). The second-order valence-corrected chi connectivity index (χ2v) is 6.48. The van der Waals surface area contributed by atoms with Gasteiger partial charge in [0.2, 0.25) is 0 Å². The highest BCUT2D eigenvalue weighted by molar-refractivity contribution is 6.42. The fraction of sp³-hybridized carbons (Fsp3) is 0.278. The summed E-state index contributed by atoms with van der Waals surface area (Å²) < 4.78 is 4.91. The number of fused-ring (bicyclic) bond motifs is 1. The number of rotatable bonds is 2. The minimum Gasteiger partial charge on any atom is -0.465 e. The van der Waals surface area contributed by atoms with Gasteiger partial charge in [0.1, 0.15) is 0 Å². The van der Waals surface area contributed by atoms with Crippen LogP contribution in [-0.4, -0.2) is 23.8 Å². The van der Waals surface area contributed by atoms with Gasteiger partial charge in [-0.2, -0.15) is 0 Å². The first kappa shape index (κ1) is 16.9. The molecule has 6 heteroatoms. The SMILES string of the molecule is COC(=O)c1c(C)nc2c(c1-c1ccc(Cl)c(Cl)c1)C(=O)CCC2. The largest absolute Gasteiger partial charge is 0.465 e. The summed E-state index contributed by atoms with van der Waals surface area (Å²) in [7, 11) is 1.31. The van der Waals surface area contributed by atoms with Crippen LogP contribution in [-0.2, 0) is 11.2 Å². The van der Waals surface area contributed by atoms with Gasteiger partial charge < -0.3 is 4.74 Å². The van der Waals surface area contributed by atoms with Gasteiger partial charge in [0.25, 0.3) is 0 Å². The lowest BCUT2D eigenvalue weighted by Crippen LogP contribution is -2.19. The van der Waals surface area contributed by atoms with Gasteiger partial charge in [-0.25, -0.2) is 4.79 Å². The van der Waals surface area contributed by atoms with Crippen LogP contribution in [0.2, 0.25) is 10.0 Å².